The van der Waals surface area contributed by atoms with Gasteiger partial charge in [-0.25, -0.2) is 14.4 Å². The Labute approximate surface area is 328 Å². The largest absolute Gasteiger partial charge is 0.309 e. The molecule has 0 bridgehead atoms. The van der Waals surface area contributed by atoms with E-state index in [9.17, 15) is 4.39 Å². The zero-order valence-corrected chi connectivity index (χ0v) is 30.7. The van der Waals surface area contributed by atoms with Crippen molar-refractivity contribution in [2.75, 3.05) is 0 Å². The van der Waals surface area contributed by atoms with Gasteiger partial charge in [-0.2, -0.15) is 0 Å². The summed E-state index contributed by atoms with van der Waals surface area (Å²) in [6, 6.07) is 66.6. The molecule has 0 fully saturated rings. The Morgan fingerprint density at radius 3 is 1.68 bits per heavy atom. The molecule has 3 heterocycles. The van der Waals surface area contributed by atoms with Crippen LogP contribution in [0.2, 0.25) is 0 Å². The van der Waals surface area contributed by atoms with Gasteiger partial charge < -0.3 is 4.57 Å². The van der Waals surface area contributed by atoms with Crippen molar-refractivity contribution < 1.29 is 4.39 Å². The van der Waals surface area contributed by atoms with Gasteiger partial charge in [0.05, 0.1) is 27.8 Å². The second kappa shape index (κ2) is 13.3. The van der Waals surface area contributed by atoms with Gasteiger partial charge in [0.1, 0.15) is 5.82 Å². The number of hydrogen-bond acceptors (Lipinski definition) is 2. The third kappa shape index (κ3) is 5.59. The van der Waals surface area contributed by atoms with Crippen LogP contribution in [-0.4, -0.2) is 19.1 Å². The molecule has 11 aromatic rings. The molecule has 3 aromatic heterocycles. The number of fused-ring (bicyclic) bond motifs is 6. The molecule has 0 aliphatic carbocycles. The highest BCUT2D eigenvalue weighted by molar-refractivity contribution is 6.12. The molecule has 0 saturated heterocycles. The molecular formula is C52H33FN4. The summed E-state index contributed by atoms with van der Waals surface area (Å²) >= 11 is 0. The van der Waals surface area contributed by atoms with Crippen molar-refractivity contribution in [3.8, 4) is 56.3 Å². The number of aromatic nitrogens is 4. The predicted octanol–water partition coefficient (Wildman–Crippen LogP) is 13.5. The Morgan fingerprint density at radius 2 is 0.895 bits per heavy atom. The summed E-state index contributed by atoms with van der Waals surface area (Å²) < 4.78 is 18.4. The van der Waals surface area contributed by atoms with E-state index in [1.807, 2.05) is 36.5 Å². The fraction of sp³-hybridized carbons (Fsp3) is 0. The zero-order valence-electron chi connectivity index (χ0n) is 30.7. The first kappa shape index (κ1) is 32.8. The van der Waals surface area contributed by atoms with Crippen molar-refractivity contribution >= 4 is 43.6 Å². The number of halogens is 1. The highest BCUT2D eigenvalue weighted by Crippen LogP contribution is 2.38. The van der Waals surface area contributed by atoms with E-state index in [4.69, 9.17) is 9.97 Å². The van der Waals surface area contributed by atoms with Crippen LogP contribution in [0.3, 0.4) is 0 Å². The van der Waals surface area contributed by atoms with E-state index >= 15 is 0 Å². The van der Waals surface area contributed by atoms with Crippen LogP contribution in [0.4, 0.5) is 4.39 Å². The molecule has 268 valence electrons. The van der Waals surface area contributed by atoms with E-state index in [1.54, 1.807) is 0 Å². The van der Waals surface area contributed by atoms with Crippen LogP contribution in [0.5, 0.6) is 0 Å². The molecule has 11 rings (SSSR count). The van der Waals surface area contributed by atoms with Crippen LogP contribution in [0.25, 0.3) is 99.9 Å². The Hall–Kier alpha value is -7.63. The van der Waals surface area contributed by atoms with Crippen molar-refractivity contribution in [2.24, 2.45) is 0 Å². The smallest absolute Gasteiger partial charge is 0.235 e. The van der Waals surface area contributed by atoms with Crippen molar-refractivity contribution in [1.82, 2.24) is 19.1 Å². The third-order valence-corrected chi connectivity index (χ3v) is 11.1. The molecule has 5 heteroatoms. The number of nitrogens with zero attached hydrogens (tertiary/aromatic N) is 4. The lowest BCUT2D eigenvalue weighted by molar-refractivity contribution is 0.627. The average Bonchev–Trinajstić information content (AvgIpc) is 3.79. The average molecular weight is 733 g/mol. The van der Waals surface area contributed by atoms with Gasteiger partial charge in [-0.1, -0.05) is 127 Å². The summed E-state index contributed by atoms with van der Waals surface area (Å²) in [5.74, 6) is 0.370. The van der Waals surface area contributed by atoms with Gasteiger partial charge in [0, 0.05) is 39.0 Å². The van der Waals surface area contributed by atoms with Gasteiger partial charge in [0.15, 0.2) is 0 Å². The van der Waals surface area contributed by atoms with E-state index in [1.165, 1.54) is 23.3 Å². The SMILES string of the molecule is Fc1ccc(-n2c3ccccc3c3ccc(-c4ccc5c(c4)c4ccccc4n5-c4nccc(-c5cccc(-c6ccc(-c7ccccc7)cc6)c5)n4)cc32)cc1. The maximum Gasteiger partial charge on any atom is 0.235 e. The van der Waals surface area contributed by atoms with E-state index in [2.05, 4.69) is 161 Å². The Bertz CT molecular complexity index is 3290. The minimum Gasteiger partial charge on any atom is -0.309 e. The molecule has 0 amide bonds. The van der Waals surface area contributed by atoms with E-state index in [0.717, 1.165) is 82.8 Å². The summed E-state index contributed by atoms with van der Waals surface area (Å²) in [5, 5.41) is 4.57. The summed E-state index contributed by atoms with van der Waals surface area (Å²) in [6.45, 7) is 0. The quantitative estimate of drug-likeness (QED) is 0.171. The molecule has 0 N–H and O–H groups in total. The molecule has 0 saturated carbocycles. The monoisotopic (exact) mass is 732 g/mol. The van der Waals surface area contributed by atoms with Crippen LogP contribution < -0.4 is 0 Å². The fourth-order valence-electron chi connectivity index (χ4n) is 8.35. The minimum absolute atomic E-state index is 0.250. The standard InChI is InChI=1S/C52H33FN4/c53-41-23-25-42(26-24-41)56-48-15-6-4-13-43(48)45-27-21-39(33-51(45)56)38-22-28-50-46(32-38)44-14-5-7-16-49(44)57(50)52-54-30-29-47(55-52)40-12-8-11-37(31-40)36-19-17-35(18-20-36)34-9-2-1-3-10-34/h1-33H. The Morgan fingerprint density at radius 1 is 0.351 bits per heavy atom. The Kier molecular flexibility index (Phi) is 7.64. The van der Waals surface area contributed by atoms with Gasteiger partial charge in [0.25, 0.3) is 0 Å². The predicted molar refractivity (Wildman–Crippen MR) is 232 cm³/mol. The number of benzene rings is 8. The lowest BCUT2D eigenvalue weighted by Gasteiger charge is -2.10. The second-order valence-corrected chi connectivity index (χ2v) is 14.4. The Balaban J connectivity index is 0.990. The summed E-state index contributed by atoms with van der Waals surface area (Å²) in [6.07, 6.45) is 1.85. The number of hydrogen-bond donors (Lipinski definition) is 0. The lowest BCUT2D eigenvalue weighted by Crippen LogP contribution is -2.01. The first-order valence-electron chi connectivity index (χ1n) is 19.1. The summed E-state index contributed by atoms with van der Waals surface area (Å²) in [7, 11) is 0. The van der Waals surface area contributed by atoms with Gasteiger partial charge in [-0.05, 0) is 100 Å². The minimum atomic E-state index is -0.250. The normalized spacial score (nSPS) is 11.6. The zero-order chi connectivity index (χ0) is 37.9. The van der Waals surface area contributed by atoms with Crippen LogP contribution in [0.15, 0.2) is 200 Å². The topological polar surface area (TPSA) is 35.6 Å². The summed E-state index contributed by atoms with van der Waals surface area (Å²) in [4.78, 5) is 10.0. The molecule has 0 spiro atoms. The van der Waals surface area contributed by atoms with E-state index in [-0.39, 0.29) is 5.82 Å². The highest BCUT2D eigenvalue weighted by atomic mass is 19.1. The molecule has 0 radical (unpaired) electrons. The van der Waals surface area contributed by atoms with Crippen LogP contribution in [0, 0.1) is 5.82 Å². The number of para-hydroxylation sites is 2. The van der Waals surface area contributed by atoms with E-state index in [0.29, 0.717) is 5.95 Å². The van der Waals surface area contributed by atoms with E-state index < -0.39 is 0 Å². The van der Waals surface area contributed by atoms with Crippen molar-refractivity contribution in [2.45, 2.75) is 0 Å². The van der Waals surface area contributed by atoms with Crippen LogP contribution in [0.1, 0.15) is 0 Å². The lowest BCUT2D eigenvalue weighted by atomic mass is 9.98. The first-order chi connectivity index (χ1) is 28.2. The fourth-order valence-corrected chi connectivity index (χ4v) is 8.35. The number of rotatable bonds is 6. The van der Waals surface area contributed by atoms with Crippen LogP contribution >= 0.6 is 0 Å². The van der Waals surface area contributed by atoms with Crippen molar-refractivity contribution in [3.63, 3.8) is 0 Å². The molecule has 57 heavy (non-hydrogen) atoms. The molecular weight excluding hydrogens is 700 g/mol. The highest BCUT2D eigenvalue weighted by Gasteiger charge is 2.18. The first-order valence-corrected chi connectivity index (χ1v) is 19.1. The van der Waals surface area contributed by atoms with Crippen molar-refractivity contribution in [3.05, 3.63) is 206 Å². The molecule has 0 aliphatic heterocycles. The van der Waals surface area contributed by atoms with Gasteiger partial charge in [-0.15, -0.1) is 0 Å². The van der Waals surface area contributed by atoms with Crippen molar-refractivity contribution in [1.29, 1.82) is 0 Å². The molecule has 8 aromatic carbocycles. The summed E-state index contributed by atoms with van der Waals surface area (Å²) in [5.41, 5.74) is 13.9. The van der Waals surface area contributed by atoms with Gasteiger partial charge in [0.2, 0.25) is 5.95 Å². The molecule has 0 unspecified atom stereocenters. The van der Waals surface area contributed by atoms with Gasteiger partial charge >= 0.3 is 0 Å². The maximum absolute atomic E-state index is 14.0. The third-order valence-electron chi connectivity index (χ3n) is 11.1. The second-order valence-electron chi connectivity index (χ2n) is 14.4. The van der Waals surface area contributed by atoms with Gasteiger partial charge in [-0.3, -0.25) is 4.57 Å². The maximum atomic E-state index is 14.0. The molecule has 4 nitrogen and oxygen atoms in total. The molecule has 0 aliphatic rings. The molecule has 0 atom stereocenters. The van der Waals surface area contributed by atoms with Crippen LogP contribution in [-0.2, 0) is 0 Å².